The van der Waals surface area contributed by atoms with Gasteiger partial charge in [0.05, 0.1) is 5.25 Å². The molecule has 1 N–H and O–H groups in total. The summed E-state index contributed by atoms with van der Waals surface area (Å²) in [4.78, 5) is 0.00463. The molecule has 0 saturated carbocycles. The molecule has 0 atom stereocenters. The average molecular weight is 200 g/mol. The quantitative estimate of drug-likeness (QED) is 0.788. The van der Waals surface area contributed by atoms with Gasteiger partial charge in [-0.25, -0.2) is 8.42 Å². The number of aromatic hydroxyl groups is 1. The molecule has 0 radical (unpaired) electrons. The molecule has 0 aliphatic heterocycles. The van der Waals surface area contributed by atoms with Crippen LogP contribution in [-0.4, -0.2) is 18.8 Å². The topological polar surface area (TPSA) is 54.4 Å². The van der Waals surface area contributed by atoms with E-state index in [2.05, 4.69) is 0 Å². The second-order valence-electron chi connectivity index (χ2n) is 3.06. The van der Waals surface area contributed by atoms with Crippen molar-refractivity contribution >= 4 is 9.84 Å². The second kappa shape index (κ2) is 3.38. The van der Waals surface area contributed by atoms with Gasteiger partial charge in [-0.2, -0.15) is 0 Å². The van der Waals surface area contributed by atoms with Crippen LogP contribution in [0.3, 0.4) is 0 Å². The zero-order valence-electron chi connectivity index (χ0n) is 7.56. The van der Waals surface area contributed by atoms with E-state index in [-0.39, 0.29) is 10.6 Å². The molecule has 72 valence electrons. The predicted octanol–water partition coefficient (Wildman–Crippen LogP) is 1.57. The molecule has 1 aromatic carbocycles. The minimum atomic E-state index is -3.36. The van der Waals surface area contributed by atoms with E-state index in [4.69, 9.17) is 0 Å². The molecule has 1 rings (SSSR count). The molecule has 3 nitrogen and oxygen atoms in total. The third kappa shape index (κ3) is 1.83. The summed E-state index contributed by atoms with van der Waals surface area (Å²) in [7, 11) is -3.36. The summed E-state index contributed by atoms with van der Waals surface area (Å²) in [5, 5.41) is 8.80. The molecule has 0 aromatic heterocycles. The van der Waals surface area contributed by atoms with Gasteiger partial charge in [-0.05, 0) is 26.0 Å². The summed E-state index contributed by atoms with van der Waals surface area (Å²) in [5.41, 5.74) is 0. The highest BCUT2D eigenvalue weighted by Crippen LogP contribution is 2.24. The Morgan fingerprint density at radius 3 is 2.23 bits per heavy atom. The molecule has 0 bridgehead atoms. The smallest absolute Gasteiger partial charge is 0.184 e. The number of rotatable bonds is 2. The minimum absolute atomic E-state index is 0.00463. The van der Waals surface area contributed by atoms with Crippen molar-refractivity contribution in [3.8, 4) is 5.75 Å². The number of benzene rings is 1. The number of phenolic OH excluding ortho intramolecular Hbond substituents is 1. The third-order valence-corrected chi connectivity index (χ3v) is 3.99. The summed E-state index contributed by atoms with van der Waals surface area (Å²) >= 11 is 0. The number of sulfone groups is 1. The first kappa shape index (κ1) is 10.1. The Morgan fingerprint density at radius 1 is 1.23 bits per heavy atom. The Morgan fingerprint density at radius 2 is 1.77 bits per heavy atom. The minimum Gasteiger partial charge on any atom is -0.507 e. The molecule has 0 saturated heterocycles. The van der Waals surface area contributed by atoms with E-state index in [1.54, 1.807) is 26.0 Å². The van der Waals surface area contributed by atoms with Gasteiger partial charge in [0, 0.05) is 0 Å². The molecule has 0 fully saturated rings. The van der Waals surface area contributed by atoms with E-state index in [0.717, 1.165) is 0 Å². The lowest BCUT2D eigenvalue weighted by molar-refractivity contribution is 0.458. The number of para-hydroxylation sites is 1. The van der Waals surface area contributed by atoms with Crippen molar-refractivity contribution < 1.29 is 13.5 Å². The largest absolute Gasteiger partial charge is 0.507 e. The van der Waals surface area contributed by atoms with Crippen LogP contribution in [0.1, 0.15) is 13.8 Å². The van der Waals surface area contributed by atoms with Gasteiger partial charge in [-0.1, -0.05) is 12.1 Å². The molecule has 4 heteroatoms. The van der Waals surface area contributed by atoms with Crippen LogP contribution >= 0.6 is 0 Å². The van der Waals surface area contributed by atoms with Gasteiger partial charge < -0.3 is 5.11 Å². The fraction of sp³-hybridized carbons (Fsp3) is 0.333. The number of hydrogen-bond acceptors (Lipinski definition) is 3. The maximum Gasteiger partial charge on any atom is 0.184 e. The van der Waals surface area contributed by atoms with Gasteiger partial charge in [0.25, 0.3) is 0 Å². The maximum atomic E-state index is 11.6. The first-order valence-corrected chi connectivity index (χ1v) is 5.53. The van der Waals surface area contributed by atoms with Gasteiger partial charge in [0.2, 0.25) is 0 Å². The standard InChI is InChI=1S/C9H12O3S/c1-7(2)13(11,12)9-6-4-3-5-8(9)10/h3-7,10H,1-2H3. The first-order valence-electron chi connectivity index (χ1n) is 3.98. The lowest BCUT2D eigenvalue weighted by Gasteiger charge is -2.08. The van der Waals surface area contributed by atoms with E-state index in [1.807, 2.05) is 0 Å². The molecule has 13 heavy (non-hydrogen) atoms. The van der Waals surface area contributed by atoms with E-state index >= 15 is 0 Å². The highest BCUT2D eigenvalue weighted by molar-refractivity contribution is 7.92. The van der Waals surface area contributed by atoms with E-state index in [1.165, 1.54) is 12.1 Å². The predicted molar refractivity (Wildman–Crippen MR) is 50.4 cm³/mol. The Balaban J connectivity index is 3.32. The fourth-order valence-electron chi connectivity index (χ4n) is 0.952. The Hall–Kier alpha value is -1.03. The van der Waals surface area contributed by atoms with Crippen LogP contribution in [0.5, 0.6) is 5.75 Å². The zero-order valence-corrected chi connectivity index (χ0v) is 8.38. The van der Waals surface area contributed by atoms with Gasteiger partial charge in [-0.15, -0.1) is 0 Å². The van der Waals surface area contributed by atoms with Crippen molar-refractivity contribution in [1.82, 2.24) is 0 Å². The summed E-state index contributed by atoms with van der Waals surface area (Å²) < 4.78 is 23.2. The van der Waals surface area contributed by atoms with Gasteiger partial charge in [0.1, 0.15) is 10.6 Å². The van der Waals surface area contributed by atoms with Crippen LogP contribution in [0.25, 0.3) is 0 Å². The highest BCUT2D eigenvalue weighted by atomic mass is 32.2. The Kier molecular flexibility index (Phi) is 2.61. The van der Waals surface area contributed by atoms with Crippen molar-refractivity contribution in [2.75, 3.05) is 0 Å². The van der Waals surface area contributed by atoms with Gasteiger partial charge >= 0.3 is 0 Å². The third-order valence-electron chi connectivity index (χ3n) is 1.79. The molecule has 0 amide bonds. The van der Waals surface area contributed by atoms with Crippen LogP contribution in [0, 0.1) is 0 Å². The maximum absolute atomic E-state index is 11.6. The van der Waals surface area contributed by atoms with Crippen LogP contribution in [-0.2, 0) is 9.84 Å². The number of phenols is 1. The molecule has 1 aromatic rings. The first-order chi connectivity index (χ1) is 5.96. The summed E-state index contributed by atoms with van der Waals surface area (Å²) in [6.07, 6.45) is 0. The van der Waals surface area contributed by atoms with Crippen molar-refractivity contribution in [3.63, 3.8) is 0 Å². The zero-order chi connectivity index (χ0) is 10.1. The van der Waals surface area contributed by atoms with Crippen molar-refractivity contribution in [3.05, 3.63) is 24.3 Å². The van der Waals surface area contributed by atoms with Crippen molar-refractivity contribution in [2.45, 2.75) is 24.0 Å². The molecule has 0 aliphatic rings. The van der Waals surface area contributed by atoms with Crippen LogP contribution in [0.15, 0.2) is 29.2 Å². The van der Waals surface area contributed by atoms with E-state index in [9.17, 15) is 13.5 Å². The summed E-state index contributed by atoms with van der Waals surface area (Å²) in [5.74, 6) is -0.184. The lowest BCUT2D eigenvalue weighted by atomic mass is 10.3. The SMILES string of the molecule is CC(C)S(=O)(=O)c1ccccc1O. The van der Waals surface area contributed by atoms with Crippen LogP contribution < -0.4 is 0 Å². The molecule has 0 unspecified atom stereocenters. The van der Waals surface area contributed by atoms with Crippen molar-refractivity contribution in [1.29, 1.82) is 0 Å². The highest BCUT2D eigenvalue weighted by Gasteiger charge is 2.21. The molecule has 0 heterocycles. The Bertz CT molecular complexity index is 393. The summed E-state index contributed by atoms with van der Waals surface area (Å²) in [6.45, 7) is 3.17. The number of hydrogen-bond donors (Lipinski definition) is 1. The molecular weight excluding hydrogens is 188 g/mol. The monoisotopic (exact) mass is 200 g/mol. The lowest BCUT2D eigenvalue weighted by Crippen LogP contribution is -2.13. The van der Waals surface area contributed by atoms with Gasteiger partial charge in [0.15, 0.2) is 9.84 Å². The second-order valence-corrected chi connectivity index (χ2v) is 5.53. The molecular formula is C9H12O3S. The fourth-order valence-corrected chi connectivity index (χ4v) is 2.09. The van der Waals surface area contributed by atoms with E-state index in [0.29, 0.717) is 0 Å². The Labute approximate surface area is 77.9 Å². The van der Waals surface area contributed by atoms with Crippen LogP contribution in [0.2, 0.25) is 0 Å². The van der Waals surface area contributed by atoms with Crippen molar-refractivity contribution in [2.24, 2.45) is 0 Å². The van der Waals surface area contributed by atoms with Gasteiger partial charge in [-0.3, -0.25) is 0 Å². The molecule has 0 spiro atoms. The van der Waals surface area contributed by atoms with E-state index < -0.39 is 15.1 Å². The van der Waals surface area contributed by atoms with Crippen LogP contribution in [0.4, 0.5) is 0 Å². The average Bonchev–Trinajstić information content (AvgIpc) is 2.04. The molecule has 0 aliphatic carbocycles. The normalized spacial score (nSPS) is 11.9. The summed E-state index contributed by atoms with van der Waals surface area (Å²) in [6, 6.07) is 5.96.